The molecule has 0 saturated carbocycles. The molecule has 0 bridgehead atoms. The first-order chi connectivity index (χ1) is 9.84. The van der Waals surface area contributed by atoms with Gasteiger partial charge in [-0.2, -0.15) is 0 Å². The minimum absolute atomic E-state index is 0.0269. The van der Waals surface area contributed by atoms with Gasteiger partial charge in [-0.25, -0.2) is 13.1 Å². The van der Waals surface area contributed by atoms with Gasteiger partial charge in [0.25, 0.3) is 0 Å². The molecule has 0 aliphatic rings. The Bertz CT molecular complexity index is 575. The van der Waals surface area contributed by atoms with Gasteiger partial charge in [-0.15, -0.1) is 0 Å². The third-order valence-corrected chi connectivity index (χ3v) is 4.00. The van der Waals surface area contributed by atoms with Gasteiger partial charge in [0.2, 0.25) is 15.9 Å². The molecule has 0 aromatic heterocycles. The predicted octanol–water partition coefficient (Wildman–Crippen LogP) is 0.0916. The van der Waals surface area contributed by atoms with E-state index in [2.05, 4.69) is 10.0 Å². The summed E-state index contributed by atoms with van der Waals surface area (Å²) in [4.78, 5) is 11.5. The molecule has 0 aliphatic carbocycles. The first kappa shape index (κ1) is 17.3. The fourth-order valence-electron chi connectivity index (χ4n) is 1.58. The van der Waals surface area contributed by atoms with E-state index in [9.17, 15) is 13.2 Å². The fraction of sp³-hybridized carbons (Fsp3) is 0.462. The van der Waals surface area contributed by atoms with E-state index in [4.69, 9.17) is 10.5 Å². The normalized spacial score (nSPS) is 12.7. The molecule has 0 saturated heterocycles. The van der Waals surface area contributed by atoms with E-state index in [0.29, 0.717) is 18.0 Å². The monoisotopic (exact) mass is 315 g/mol. The van der Waals surface area contributed by atoms with Crippen LogP contribution in [-0.4, -0.2) is 39.3 Å². The summed E-state index contributed by atoms with van der Waals surface area (Å²) in [6.07, 6.45) is 0. The van der Waals surface area contributed by atoms with Gasteiger partial charge in [-0.05, 0) is 26.0 Å². The Labute approximate surface area is 124 Å². The molecule has 7 nitrogen and oxygen atoms in total. The quantitative estimate of drug-likeness (QED) is 0.589. The van der Waals surface area contributed by atoms with E-state index in [1.165, 1.54) is 6.92 Å². The summed E-state index contributed by atoms with van der Waals surface area (Å²) < 4.78 is 31.2. The first-order valence-corrected chi connectivity index (χ1v) is 8.25. The van der Waals surface area contributed by atoms with Crippen LogP contribution in [-0.2, 0) is 14.8 Å². The van der Waals surface area contributed by atoms with Crippen LogP contribution < -0.4 is 20.5 Å². The van der Waals surface area contributed by atoms with Crippen molar-refractivity contribution in [2.24, 2.45) is 0 Å². The van der Waals surface area contributed by atoms with Crippen LogP contribution in [0, 0.1) is 0 Å². The van der Waals surface area contributed by atoms with Crippen LogP contribution in [0.25, 0.3) is 0 Å². The van der Waals surface area contributed by atoms with Crippen molar-refractivity contribution in [3.05, 3.63) is 24.3 Å². The average molecular weight is 315 g/mol. The summed E-state index contributed by atoms with van der Waals surface area (Å²) in [7, 11) is -3.59. The number of nitrogens with one attached hydrogen (secondary N) is 2. The van der Waals surface area contributed by atoms with Crippen LogP contribution in [0.2, 0.25) is 0 Å². The molecule has 0 heterocycles. The Kier molecular flexibility index (Phi) is 6.44. The van der Waals surface area contributed by atoms with Crippen molar-refractivity contribution in [2.75, 3.05) is 24.6 Å². The van der Waals surface area contributed by atoms with Gasteiger partial charge in [0.05, 0.1) is 11.8 Å². The summed E-state index contributed by atoms with van der Waals surface area (Å²) in [5, 5.41) is 2.55. The molecule has 1 aromatic carbocycles. The standard InChI is InChI=1S/C13H21N3O4S/c1-3-15-13(17)10(2)16-21(18,19)8-7-20-12-6-4-5-11(14)9-12/h4-6,9-10,16H,3,7-8,14H2,1-2H3,(H,15,17). The molecule has 0 aliphatic heterocycles. The molecule has 1 aromatic rings. The minimum Gasteiger partial charge on any atom is -0.492 e. The van der Waals surface area contributed by atoms with Crippen LogP contribution in [0.1, 0.15) is 13.8 Å². The average Bonchev–Trinajstić information content (AvgIpc) is 2.38. The molecule has 8 heteroatoms. The second-order valence-corrected chi connectivity index (χ2v) is 6.35. The Morgan fingerprint density at radius 2 is 2.14 bits per heavy atom. The zero-order valence-electron chi connectivity index (χ0n) is 12.1. The van der Waals surface area contributed by atoms with Crippen molar-refractivity contribution < 1.29 is 17.9 Å². The lowest BCUT2D eigenvalue weighted by Crippen LogP contribution is -2.45. The SMILES string of the molecule is CCNC(=O)C(C)NS(=O)(=O)CCOc1cccc(N)c1. The molecule has 0 fully saturated rings. The Morgan fingerprint density at radius 1 is 1.43 bits per heavy atom. The molecule has 4 N–H and O–H groups in total. The smallest absolute Gasteiger partial charge is 0.237 e. The second kappa shape index (κ2) is 7.84. The van der Waals surface area contributed by atoms with Crippen LogP contribution in [0.4, 0.5) is 5.69 Å². The van der Waals surface area contributed by atoms with E-state index >= 15 is 0 Å². The van der Waals surface area contributed by atoms with Crippen molar-refractivity contribution >= 4 is 21.6 Å². The van der Waals surface area contributed by atoms with E-state index in [-0.39, 0.29) is 18.3 Å². The number of amides is 1. The Hall–Kier alpha value is -1.80. The highest BCUT2D eigenvalue weighted by Gasteiger charge is 2.19. The van der Waals surface area contributed by atoms with Gasteiger partial charge in [0, 0.05) is 18.3 Å². The lowest BCUT2D eigenvalue weighted by Gasteiger charge is -2.14. The number of likely N-dealkylation sites (N-methyl/N-ethyl adjacent to an activating group) is 1. The fourth-order valence-corrected chi connectivity index (χ4v) is 2.65. The lowest BCUT2D eigenvalue weighted by atomic mass is 10.3. The number of ether oxygens (including phenoxy) is 1. The second-order valence-electron chi connectivity index (χ2n) is 4.47. The summed E-state index contributed by atoms with van der Waals surface area (Å²) in [5.41, 5.74) is 6.13. The molecule has 0 radical (unpaired) electrons. The van der Waals surface area contributed by atoms with Crippen LogP contribution in [0.5, 0.6) is 5.75 Å². The number of nitrogens with two attached hydrogens (primary N) is 1. The molecule has 118 valence electrons. The topological polar surface area (TPSA) is 111 Å². The molecular formula is C13H21N3O4S. The van der Waals surface area contributed by atoms with Crippen molar-refractivity contribution in [3.63, 3.8) is 0 Å². The number of hydrogen-bond acceptors (Lipinski definition) is 5. The third kappa shape index (κ3) is 6.46. The van der Waals surface area contributed by atoms with Gasteiger partial charge in [0.15, 0.2) is 0 Å². The summed E-state index contributed by atoms with van der Waals surface area (Å²) >= 11 is 0. The van der Waals surface area contributed by atoms with Gasteiger partial charge in [-0.1, -0.05) is 6.07 Å². The number of nitrogen functional groups attached to an aromatic ring is 1. The number of benzene rings is 1. The van der Waals surface area contributed by atoms with Crippen molar-refractivity contribution in [1.29, 1.82) is 0 Å². The molecular weight excluding hydrogens is 294 g/mol. The number of carbonyl (C=O) groups excluding carboxylic acids is 1. The maximum atomic E-state index is 11.8. The van der Waals surface area contributed by atoms with E-state index in [1.807, 2.05) is 0 Å². The Morgan fingerprint density at radius 3 is 2.76 bits per heavy atom. The maximum Gasteiger partial charge on any atom is 0.237 e. The molecule has 1 amide bonds. The van der Waals surface area contributed by atoms with Crippen LogP contribution in [0.15, 0.2) is 24.3 Å². The zero-order valence-corrected chi connectivity index (χ0v) is 12.9. The molecule has 1 unspecified atom stereocenters. The minimum atomic E-state index is -3.59. The van der Waals surface area contributed by atoms with E-state index in [1.54, 1.807) is 31.2 Å². The lowest BCUT2D eigenvalue weighted by molar-refractivity contribution is -0.122. The van der Waals surface area contributed by atoms with E-state index in [0.717, 1.165) is 0 Å². The van der Waals surface area contributed by atoms with Crippen molar-refractivity contribution in [2.45, 2.75) is 19.9 Å². The predicted molar refractivity (Wildman–Crippen MR) is 81.4 cm³/mol. The first-order valence-electron chi connectivity index (χ1n) is 6.60. The molecule has 1 atom stereocenters. The number of hydrogen-bond donors (Lipinski definition) is 3. The largest absolute Gasteiger partial charge is 0.492 e. The summed E-state index contributed by atoms with van der Waals surface area (Å²) in [5.74, 6) is -0.106. The highest BCUT2D eigenvalue weighted by atomic mass is 32.2. The van der Waals surface area contributed by atoms with Gasteiger partial charge >= 0.3 is 0 Å². The number of anilines is 1. The molecule has 0 spiro atoms. The molecule has 1 rings (SSSR count). The number of rotatable bonds is 8. The van der Waals surface area contributed by atoms with Crippen molar-refractivity contribution in [3.8, 4) is 5.75 Å². The highest BCUT2D eigenvalue weighted by molar-refractivity contribution is 7.89. The van der Waals surface area contributed by atoms with Gasteiger partial charge in [-0.3, -0.25) is 4.79 Å². The van der Waals surface area contributed by atoms with Gasteiger partial charge < -0.3 is 15.8 Å². The molecule has 21 heavy (non-hydrogen) atoms. The van der Waals surface area contributed by atoms with Crippen LogP contribution in [0.3, 0.4) is 0 Å². The van der Waals surface area contributed by atoms with Crippen molar-refractivity contribution in [1.82, 2.24) is 10.0 Å². The highest BCUT2D eigenvalue weighted by Crippen LogP contribution is 2.14. The third-order valence-electron chi connectivity index (χ3n) is 2.58. The van der Waals surface area contributed by atoms with Gasteiger partial charge in [0.1, 0.15) is 12.4 Å². The number of sulfonamides is 1. The number of carbonyl (C=O) groups is 1. The van der Waals surface area contributed by atoms with E-state index < -0.39 is 16.1 Å². The zero-order chi connectivity index (χ0) is 15.9. The Balaban J connectivity index is 2.44. The van der Waals surface area contributed by atoms with Crippen LogP contribution >= 0.6 is 0 Å². The summed E-state index contributed by atoms with van der Waals surface area (Å²) in [6.45, 7) is 3.67. The maximum absolute atomic E-state index is 11.8. The summed E-state index contributed by atoms with van der Waals surface area (Å²) in [6, 6.07) is 5.90.